The molecule has 2 aromatic heterocycles. The number of carbonyl (C=O) groups is 1. The fraction of sp³-hybridized carbons (Fsp3) is 0.172. The normalized spacial score (nSPS) is 11.8. The van der Waals surface area contributed by atoms with Gasteiger partial charge in [0.2, 0.25) is 5.95 Å². The number of nitrogens with zero attached hydrogens (tertiary/aromatic N) is 4. The zero-order valence-corrected chi connectivity index (χ0v) is 24.7. The summed E-state index contributed by atoms with van der Waals surface area (Å²) >= 11 is 0. The molecule has 11 nitrogen and oxygen atoms in total. The number of urea groups is 1. The highest BCUT2D eigenvalue weighted by molar-refractivity contribution is 7.91. The third-order valence-electron chi connectivity index (χ3n) is 6.69. The van der Waals surface area contributed by atoms with E-state index >= 15 is 0 Å². The van der Waals surface area contributed by atoms with Gasteiger partial charge in [0, 0.05) is 24.5 Å². The second-order valence-electron chi connectivity index (χ2n) is 9.64. The van der Waals surface area contributed by atoms with Crippen LogP contribution in [0.5, 0.6) is 5.75 Å². The number of amides is 2. The second kappa shape index (κ2) is 12.0. The van der Waals surface area contributed by atoms with Crippen LogP contribution >= 0.6 is 0 Å². The summed E-state index contributed by atoms with van der Waals surface area (Å²) < 4.78 is 84.6. The molecule has 16 heteroatoms. The molecule has 5 aromatic rings. The van der Waals surface area contributed by atoms with E-state index in [1.54, 1.807) is 32.3 Å². The van der Waals surface area contributed by atoms with Crippen LogP contribution in [0, 0.1) is 5.82 Å². The molecule has 0 saturated carbocycles. The minimum atomic E-state index is -4.70. The van der Waals surface area contributed by atoms with Gasteiger partial charge in [0.15, 0.2) is 15.5 Å². The Morgan fingerprint density at radius 3 is 2.40 bits per heavy atom. The highest BCUT2D eigenvalue weighted by atomic mass is 32.2. The largest absolute Gasteiger partial charge is 0.495 e. The topological polar surface area (TPSA) is 140 Å². The minimum Gasteiger partial charge on any atom is -0.495 e. The summed E-state index contributed by atoms with van der Waals surface area (Å²) in [6.45, 7) is 1.55. The zero-order valence-electron chi connectivity index (χ0n) is 23.9. The predicted octanol–water partition coefficient (Wildman–Crippen LogP) is 6.38. The van der Waals surface area contributed by atoms with Gasteiger partial charge in [-0.25, -0.2) is 27.3 Å². The summed E-state index contributed by atoms with van der Waals surface area (Å²) in [6, 6.07) is 11.6. The van der Waals surface area contributed by atoms with E-state index < -0.39 is 39.1 Å². The molecule has 3 aromatic carbocycles. The highest BCUT2D eigenvalue weighted by Crippen LogP contribution is 2.33. The summed E-state index contributed by atoms with van der Waals surface area (Å²) in [5, 5.41) is 12.7. The first kappa shape index (κ1) is 31.2. The number of anilines is 4. The number of ether oxygens (including phenoxy) is 1. The Labute approximate surface area is 254 Å². The maximum absolute atomic E-state index is 14.0. The third kappa shape index (κ3) is 6.64. The third-order valence-corrected chi connectivity index (χ3v) is 8.43. The predicted molar refractivity (Wildman–Crippen MR) is 160 cm³/mol. The standard InChI is InChI=1S/C29H25F4N7O4S/c1-4-45(42,43)19-10-12-24(44-3)23(14-19)36-27-34-15-20-25(39-40(2)26(20)38-27)16-5-8-18(9-6-16)35-28(41)37-22-13-17(29(31,32)33)7-11-21(22)30/h5-15H,4H2,1-3H3,(H,34,36,38)(H2,35,37,41). The lowest BCUT2D eigenvalue weighted by Gasteiger charge is -2.12. The molecule has 0 fully saturated rings. The monoisotopic (exact) mass is 643 g/mol. The molecule has 0 aliphatic heterocycles. The summed E-state index contributed by atoms with van der Waals surface area (Å²) in [5.41, 5.74) is 0.543. The van der Waals surface area contributed by atoms with Crippen LogP contribution in [-0.2, 0) is 23.1 Å². The van der Waals surface area contributed by atoms with Crippen LogP contribution < -0.4 is 20.7 Å². The van der Waals surface area contributed by atoms with E-state index in [4.69, 9.17) is 4.74 Å². The summed E-state index contributed by atoms with van der Waals surface area (Å²) in [6.07, 6.45) is -3.15. The number of halogens is 4. The number of carbonyl (C=O) groups excluding carboxylic acids is 1. The summed E-state index contributed by atoms with van der Waals surface area (Å²) in [4.78, 5) is 21.4. The molecule has 0 saturated heterocycles. The lowest BCUT2D eigenvalue weighted by molar-refractivity contribution is -0.137. The van der Waals surface area contributed by atoms with Crippen molar-refractivity contribution in [2.24, 2.45) is 7.05 Å². The second-order valence-corrected chi connectivity index (χ2v) is 11.9. The van der Waals surface area contributed by atoms with Gasteiger partial charge >= 0.3 is 12.2 Å². The molecule has 3 N–H and O–H groups in total. The average Bonchev–Trinajstić information content (AvgIpc) is 3.33. The van der Waals surface area contributed by atoms with Crippen molar-refractivity contribution in [2.75, 3.05) is 28.8 Å². The first-order valence-corrected chi connectivity index (χ1v) is 14.9. The van der Waals surface area contributed by atoms with Crippen LogP contribution in [0.2, 0.25) is 0 Å². The van der Waals surface area contributed by atoms with Gasteiger partial charge < -0.3 is 20.7 Å². The van der Waals surface area contributed by atoms with E-state index in [1.807, 2.05) is 0 Å². The van der Waals surface area contributed by atoms with Gasteiger partial charge in [-0.1, -0.05) is 19.1 Å². The quantitative estimate of drug-likeness (QED) is 0.166. The van der Waals surface area contributed by atoms with Crippen molar-refractivity contribution in [1.29, 1.82) is 0 Å². The van der Waals surface area contributed by atoms with E-state index in [0.29, 0.717) is 51.9 Å². The van der Waals surface area contributed by atoms with Crippen molar-refractivity contribution >= 4 is 49.9 Å². The van der Waals surface area contributed by atoms with Crippen LogP contribution in [0.1, 0.15) is 12.5 Å². The van der Waals surface area contributed by atoms with Gasteiger partial charge in [-0.2, -0.15) is 23.3 Å². The minimum absolute atomic E-state index is 0.0664. The maximum Gasteiger partial charge on any atom is 0.416 e. The number of alkyl halides is 3. The molecular formula is C29H25F4N7O4S. The van der Waals surface area contributed by atoms with Gasteiger partial charge in [-0.3, -0.25) is 0 Å². The lowest BCUT2D eigenvalue weighted by Crippen LogP contribution is -2.20. The molecule has 0 aliphatic rings. The molecule has 2 amide bonds. The molecule has 0 aliphatic carbocycles. The number of aromatic nitrogens is 4. The van der Waals surface area contributed by atoms with Gasteiger partial charge in [0.1, 0.15) is 17.3 Å². The Kier molecular flexibility index (Phi) is 8.34. The number of hydrogen-bond donors (Lipinski definition) is 3. The summed E-state index contributed by atoms with van der Waals surface area (Å²) in [5.74, 6) is -0.526. The molecule has 234 valence electrons. The van der Waals surface area contributed by atoms with Gasteiger partial charge in [-0.15, -0.1) is 0 Å². The molecule has 2 heterocycles. The van der Waals surface area contributed by atoms with Crippen molar-refractivity contribution in [3.8, 4) is 17.0 Å². The Morgan fingerprint density at radius 2 is 1.73 bits per heavy atom. The van der Waals surface area contributed by atoms with Crippen LogP contribution in [0.3, 0.4) is 0 Å². The molecular weight excluding hydrogens is 618 g/mol. The molecule has 0 unspecified atom stereocenters. The zero-order chi connectivity index (χ0) is 32.5. The van der Waals surface area contributed by atoms with Crippen molar-refractivity contribution in [3.63, 3.8) is 0 Å². The van der Waals surface area contributed by atoms with E-state index in [2.05, 4.69) is 31.0 Å². The number of benzene rings is 3. The number of aryl methyl sites for hydroxylation is 1. The first-order valence-electron chi connectivity index (χ1n) is 13.2. The number of sulfone groups is 1. The van der Waals surface area contributed by atoms with Crippen LogP contribution in [0.25, 0.3) is 22.3 Å². The fourth-order valence-electron chi connectivity index (χ4n) is 4.37. The van der Waals surface area contributed by atoms with Crippen molar-refractivity contribution in [3.05, 3.63) is 78.2 Å². The Morgan fingerprint density at radius 1 is 1.00 bits per heavy atom. The van der Waals surface area contributed by atoms with Crippen molar-refractivity contribution in [2.45, 2.75) is 18.0 Å². The van der Waals surface area contributed by atoms with Crippen molar-refractivity contribution in [1.82, 2.24) is 19.7 Å². The summed E-state index contributed by atoms with van der Waals surface area (Å²) in [7, 11) is -0.330. The number of fused-ring (bicyclic) bond motifs is 1. The molecule has 0 bridgehead atoms. The molecule has 0 atom stereocenters. The number of methoxy groups -OCH3 is 1. The lowest BCUT2D eigenvalue weighted by atomic mass is 10.1. The Balaban J connectivity index is 1.34. The van der Waals surface area contributed by atoms with E-state index in [-0.39, 0.29) is 22.3 Å². The van der Waals surface area contributed by atoms with E-state index in [0.717, 1.165) is 0 Å². The van der Waals surface area contributed by atoms with Crippen LogP contribution in [-0.4, -0.2) is 47.1 Å². The molecule has 45 heavy (non-hydrogen) atoms. The molecule has 0 spiro atoms. The van der Waals surface area contributed by atoms with E-state index in [9.17, 15) is 30.8 Å². The maximum atomic E-state index is 14.0. The molecule has 0 radical (unpaired) electrons. The Hall–Kier alpha value is -5.25. The van der Waals surface area contributed by atoms with Gasteiger partial charge in [-0.05, 0) is 48.5 Å². The first-order chi connectivity index (χ1) is 21.3. The number of nitrogens with one attached hydrogen (secondary N) is 3. The smallest absolute Gasteiger partial charge is 0.416 e. The van der Waals surface area contributed by atoms with E-state index in [1.165, 1.54) is 42.1 Å². The van der Waals surface area contributed by atoms with Gasteiger partial charge in [0.25, 0.3) is 0 Å². The van der Waals surface area contributed by atoms with Crippen LogP contribution in [0.15, 0.2) is 71.8 Å². The Bertz CT molecular complexity index is 2010. The van der Waals surface area contributed by atoms with Crippen molar-refractivity contribution < 1.29 is 35.5 Å². The fourth-order valence-corrected chi connectivity index (χ4v) is 5.28. The highest BCUT2D eigenvalue weighted by Gasteiger charge is 2.31. The average molecular weight is 644 g/mol. The van der Waals surface area contributed by atoms with Crippen LogP contribution in [0.4, 0.5) is 45.4 Å². The molecule has 5 rings (SSSR count). The number of hydrogen-bond acceptors (Lipinski definition) is 8. The number of rotatable bonds is 8. The van der Waals surface area contributed by atoms with Gasteiger partial charge in [0.05, 0.1) is 40.1 Å². The SMILES string of the molecule is CCS(=O)(=O)c1ccc(OC)c(Nc2ncc3c(-c4ccc(NC(=O)Nc5cc(C(F)(F)F)ccc5F)cc4)nn(C)c3n2)c1.